The first kappa shape index (κ1) is 15.4. The molecule has 1 aromatic heterocycles. The van der Waals surface area contributed by atoms with Gasteiger partial charge < -0.3 is 14.6 Å². The van der Waals surface area contributed by atoms with Crippen LogP contribution in [0.1, 0.15) is 5.56 Å². The van der Waals surface area contributed by atoms with Crippen molar-refractivity contribution >= 4 is 39.2 Å². The number of ether oxygens (including phenoxy) is 1. The van der Waals surface area contributed by atoms with Crippen LogP contribution in [-0.4, -0.2) is 35.4 Å². The van der Waals surface area contributed by atoms with Gasteiger partial charge in [-0.2, -0.15) is 0 Å². The molecule has 0 atom stereocenters. The van der Waals surface area contributed by atoms with Crippen LogP contribution in [0.25, 0.3) is 10.9 Å². The number of methoxy groups -OCH3 is 1. The van der Waals surface area contributed by atoms with Crippen LogP contribution in [0.3, 0.4) is 0 Å². The Morgan fingerprint density at radius 1 is 1.40 bits per heavy atom. The maximum atomic E-state index is 5.18. The maximum absolute atomic E-state index is 5.18. The first-order valence-electron chi connectivity index (χ1n) is 6.63. The topological polar surface area (TPSA) is 26.2 Å². The highest BCUT2D eigenvalue weighted by Gasteiger charge is 2.07. The summed E-state index contributed by atoms with van der Waals surface area (Å²) >= 11 is 6.74. The average molecular weight is 308 g/mol. The predicted molar refractivity (Wildman–Crippen MR) is 91.6 cm³/mol. The van der Waals surface area contributed by atoms with Crippen molar-refractivity contribution in [3.8, 4) is 0 Å². The highest BCUT2D eigenvalue weighted by atomic mass is 32.2. The zero-order chi connectivity index (χ0) is 14.4. The molecule has 20 heavy (non-hydrogen) atoms. The molecule has 0 unspecified atom stereocenters. The van der Waals surface area contributed by atoms with Gasteiger partial charge in [0, 0.05) is 37.3 Å². The summed E-state index contributed by atoms with van der Waals surface area (Å²) in [5.74, 6) is 0. The first-order valence-corrected chi connectivity index (χ1v) is 8.27. The number of benzene rings is 1. The summed E-state index contributed by atoms with van der Waals surface area (Å²) in [5.41, 5.74) is 2.63. The van der Waals surface area contributed by atoms with E-state index >= 15 is 0 Å². The summed E-state index contributed by atoms with van der Waals surface area (Å²) in [6, 6.07) is 8.51. The number of aromatic nitrogens is 1. The second kappa shape index (κ2) is 7.67. The molecule has 0 amide bonds. The Morgan fingerprint density at radius 2 is 2.20 bits per heavy atom. The van der Waals surface area contributed by atoms with E-state index in [-0.39, 0.29) is 0 Å². The van der Waals surface area contributed by atoms with Gasteiger partial charge in [-0.3, -0.25) is 0 Å². The molecule has 1 N–H and O–H groups in total. The molecule has 0 aliphatic heterocycles. The normalized spacial score (nSPS) is 10.9. The molecule has 0 aliphatic rings. The van der Waals surface area contributed by atoms with Crippen LogP contribution < -0.4 is 5.32 Å². The number of thiocarbonyl (C=S) groups is 1. The van der Waals surface area contributed by atoms with Gasteiger partial charge in [0.25, 0.3) is 0 Å². The maximum Gasteiger partial charge on any atom is 0.133 e. The molecule has 0 saturated heterocycles. The van der Waals surface area contributed by atoms with Crippen molar-refractivity contribution in [3.63, 3.8) is 0 Å². The summed E-state index contributed by atoms with van der Waals surface area (Å²) in [7, 11) is 1.74. The minimum atomic E-state index is 0.729. The number of fused-ring (bicyclic) bond motifs is 1. The molecule has 0 bridgehead atoms. The summed E-state index contributed by atoms with van der Waals surface area (Å²) in [6.07, 6.45) is 5.20. The fourth-order valence-electron chi connectivity index (χ4n) is 2.27. The van der Waals surface area contributed by atoms with E-state index in [1.807, 2.05) is 6.26 Å². The van der Waals surface area contributed by atoms with Gasteiger partial charge in [0.15, 0.2) is 0 Å². The molecule has 0 saturated carbocycles. The fourth-order valence-corrected chi connectivity index (χ4v) is 2.62. The molecule has 108 valence electrons. The lowest BCUT2D eigenvalue weighted by molar-refractivity contribution is 0.188. The summed E-state index contributed by atoms with van der Waals surface area (Å²) in [6.45, 7) is 2.48. The molecule has 2 rings (SSSR count). The van der Waals surface area contributed by atoms with Gasteiger partial charge in [0.2, 0.25) is 0 Å². The van der Waals surface area contributed by atoms with Gasteiger partial charge in [-0.25, -0.2) is 0 Å². The smallest absolute Gasteiger partial charge is 0.133 e. The molecular weight excluding hydrogens is 288 g/mol. The second-order valence-electron chi connectivity index (χ2n) is 4.53. The minimum absolute atomic E-state index is 0.729. The van der Waals surface area contributed by atoms with Crippen LogP contribution in [0.15, 0.2) is 30.5 Å². The molecule has 0 fully saturated rings. The van der Waals surface area contributed by atoms with Crippen molar-refractivity contribution < 1.29 is 4.74 Å². The van der Waals surface area contributed by atoms with E-state index in [4.69, 9.17) is 17.0 Å². The van der Waals surface area contributed by atoms with Gasteiger partial charge in [0.05, 0.1) is 6.61 Å². The lowest BCUT2D eigenvalue weighted by Gasteiger charge is -2.04. The van der Waals surface area contributed by atoms with Crippen LogP contribution in [0, 0.1) is 0 Å². The highest BCUT2D eigenvalue weighted by Crippen LogP contribution is 2.21. The zero-order valence-corrected chi connectivity index (χ0v) is 13.5. The van der Waals surface area contributed by atoms with E-state index in [0.29, 0.717) is 0 Å². The molecule has 3 nitrogen and oxygen atoms in total. The summed E-state index contributed by atoms with van der Waals surface area (Å²) in [4.78, 5) is 0. The van der Waals surface area contributed by atoms with Crippen molar-refractivity contribution in [2.24, 2.45) is 0 Å². The number of nitrogens with zero attached hydrogens (tertiary/aromatic N) is 1. The monoisotopic (exact) mass is 308 g/mol. The quantitative estimate of drug-likeness (QED) is 0.830. The van der Waals surface area contributed by atoms with Crippen LogP contribution in [0.5, 0.6) is 0 Å². The fraction of sp³-hybridized carbons (Fsp3) is 0.400. The molecule has 2 aromatic rings. The third-order valence-corrected chi connectivity index (χ3v) is 4.42. The van der Waals surface area contributed by atoms with Crippen LogP contribution in [-0.2, 0) is 17.7 Å². The minimum Gasteiger partial charge on any atom is -0.383 e. The Bertz CT molecular complexity index is 580. The van der Waals surface area contributed by atoms with E-state index in [1.165, 1.54) is 16.5 Å². The number of para-hydroxylation sites is 1. The number of thioether (sulfide) groups is 1. The van der Waals surface area contributed by atoms with E-state index in [0.717, 1.165) is 30.4 Å². The van der Waals surface area contributed by atoms with Gasteiger partial charge in [0.1, 0.15) is 4.32 Å². The summed E-state index contributed by atoms with van der Waals surface area (Å²) in [5, 5.41) is 4.58. The lowest BCUT2D eigenvalue weighted by atomic mass is 10.1. The Kier molecular flexibility index (Phi) is 5.88. The van der Waals surface area contributed by atoms with Gasteiger partial charge in [-0.1, -0.05) is 30.4 Å². The van der Waals surface area contributed by atoms with E-state index in [1.54, 1.807) is 18.9 Å². The molecule has 5 heteroatoms. The largest absolute Gasteiger partial charge is 0.383 e. The Hall–Kier alpha value is -1.04. The Balaban J connectivity index is 2.13. The van der Waals surface area contributed by atoms with Crippen LogP contribution >= 0.6 is 24.0 Å². The molecule has 0 radical (unpaired) electrons. The SMILES string of the molecule is COCCn1cc(CCNC(=S)SC)c2ccccc21. The van der Waals surface area contributed by atoms with E-state index < -0.39 is 0 Å². The highest BCUT2D eigenvalue weighted by molar-refractivity contribution is 8.22. The summed E-state index contributed by atoms with van der Waals surface area (Å²) < 4.78 is 8.30. The number of nitrogens with one attached hydrogen (secondary N) is 1. The van der Waals surface area contributed by atoms with Crippen molar-refractivity contribution in [1.82, 2.24) is 9.88 Å². The first-order chi connectivity index (χ1) is 9.76. The predicted octanol–water partition coefficient (Wildman–Crippen LogP) is 3.07. The molecule has 0 aliphatic carbocycles. The van der Waals surface area contributed by atoms with Crippen molar-refractivity contribution in [2.45, 2.75) is 13.0 Å². The zero-order valence-electron chi connectivity index (χ0n) is 11.9. The number of hydrogen-bond acceptors (Lipinski definition) is 3. The third-order valence-electron chi connectivity index (χ3n) is 3.26. The average Bonchev–Trinajstić information content (AvgIpc) is 2.83. The Morgan fingerprint density at radius 3 is 2.95 bits per heavy atom. The molecular formula is C15H20N2OS2. The number of rotatable bonds is 6. The van der Waals surface area contributed by atoms with Crippen molar-refractivity contribution in [2.75, 3.05) is 26.5 Å². The Labute approximate surface area is 129 Å². The second-order valence-corrected chi connectivity index (χ2v) is 6.01. The molecule has 0 spiro atoms. The van der Waals surface area contributed by atoms with Gasteiger partial charge >= 0.3 is 0 Å². The standard InChI is InChI=1S/C15H20N2OS2/c1-18-10-9-17-11-12(7-8-16-15(19)20-2)13-5-3-4-6-14(13)17/h3-6,11H,7-10H2,1-2H3,(H,16,19). The van der Waals surface area contributed by atoms with Crippen LogP contribution in [0.2, 0.25) is 0 Å². The number of hydrogen-bond donors (Lipinski definition) is 1. The van der Waals surface area contributed by atoms with Crippen molar-refractivity contribution in [3.05, 3.63) is 36.0 Å². The van der Waals surface area contributed by atoms with Gasteiger partial charge in [-0.15, -0.1) is 11.8 Å². The van der Waals surface area contributed by atoms with Crippen molar-refractivity contribution in [1.29, 1.82) is 0 Å². The lowest BCUT2D eigenvalue weighted by Crippen LogP contribution is -2.20. The van der Waals surface area contributed by atoms with Gasteiger partial charge in [-0.05, 0) is 24.3 Å². The molecule has 1 aromatic carbocycles. The molecule has 1 heterocycles. The van der Waals surface area contributed by atoms with Crippen LogP contribution in [0.4, 0.5) is 0 Å². The van der Waals surface area contributed by atoms with E-state index in [9.17, 15) is 0 Å². The third kappa shape index (κ3) is 3.75. The van der Waals surface area contributed by atoms with E-state index in [2.05, 4.69) is 40.3 Å².